The van der Waals surface area contributed by atoms with Gasteiger partial charge in [0.1, 0.15) is 6.33 Å². The lowest BCUT2D eigenvalue weighted by atomic mass is 10.3. The van der Waals surface area contributed by atoms with Crippen molar-refractivity contribution in [2.24, 2.45) is 0 Å². The van der Waals surface area contributed by atoms with Gasteiger partial charge in [0.25, 0.3) is 0 Å². The Morgan fingerprint density at radius 2 is 2.06 bits per heavy atom. The van der Waals surface area contributed by atoms with Crippen LogP contribution in [-0.2, 0) is 13.1 Å². The van der Waals surface area contributed by atoms with Crippen molar-refractivity contribution < 1.29 is 0 Å². The van der Waals surface area contributed by atoms with E-state index in [1.807, 2.05) is 12.1 Å². The molecule has 0 spiro atoms. The second kappa shape index (κ2) is 6.18. The summed E-state index contributed by atoms with van der Waals surface area (Å²) >= 11 is 6.85. The first-order chi connectivity index (χ1) is 8.25. The van der Waals surface area contributed by atoms with E-state index in [2.05, 4.69) is 52.1 Å². The van der Waals surface area contributed by atoms with E-state index in [0.29, 0.717) is 13.1 Å². The lowest BCUT2D eigenvalue weighted by Gasteiger charge is -2.05. The molecule has 2 aromatic heterocycles. The van der Waals surface area contributed by atoms with E-state index < -0.39 is 0 Å². The number of halogens is 2. The standard InChI is InChI=1S/C11H10Br2N4/c12-8-3-10(13)11(16-4-8)6-15-5-9-1-2-14-7-17-9/h1-4,7,15H,5-6H2. The third-order valence-electron chi connectivity index (χ3n) is 2.13. The Labute approximate surface area is 116 Å². The van der Waals surface area contributed by atoms with Crippen LogP contribution in [0, 0.1) is 0 Å². The number of pyridine rings is 1. The maximum atomic E-state index is 4.32. The lowest BCUT2D eigenvalue weighted by Crippen LogP contribution is -2.15. The van der Waals surface area contributed by atoms with E-state index in [1.165, 1.54) is 0 Å². The molecule has 0 radical (unpaired) electrons. The molecule has 0 fully saturated rings. The van der Waals surface area contributed by atoms with E-state index in [9.17, 15) is 0 Å². The molecule has 0 aromatic carbocycles. The van der Waals surface area contributed by atoms with E-state index in [0.717, 1.165) is 20.3 Å². The van der Waals surface area contributed by atoms with Gasteiger partial charge in [-0.05, 0) is 44.0 Å². The summed E-state index contributed by atoms with van der Waals surface area (Å²) in [6.45, 7) is 1.39. The second-order valence-corrected chi connectivity index (χ2v) is 5.16. The Balaban J connectivity index is 1.90. The van der Waals surface area contributed by atoms with E-state index in [1.54, 1.807) is 18.7 Å². The van der Waals surface area contributed by atoms with Gasteiger partial charge in [-0.1, -0.05) is 0 Å². The van der Waals surface area contributed by atoms with E-state index in [4.69, 9.17) is 0 Å². The Morgan fingerprint density at radius 1 is 1.18 bits per heavy atom. The number of hydrogen-bond donors (Lipinski definition) is 1. The molecule has 0 saturated carbocycles. The number of aromatic nitrogens is 3. The van der Waals surface area contributed by atoms with Crippen LogP contribution in [0.5, 0.6) is 0 Å². The average Bonchev–Trinajstić information content (AvgIpc) is 2.33. The molecule has 0 unspecified atom stereocenters. The van der Waals surface area contributed by atoms with Crippen molar-refractivity contribution in [2.45, 2.75) is 13.1 Å². The molecule has 0 amide bonds. The molecule has 1 N–H and O–H groups in total. The van der Waals surface area contributed by atoms with Crippen molar-refractivity contribution in [1.29, 1.82) is 0 Å². The monoisotopic (exact) mass is 356 g/mol. The van der Waals surface area contributed by atoms with Gasteiger partial charge in [0.05, 0.1) is 11.4 Å². The van der Waals surface area contributed by atoms with Gasteiger partial charge in [-0.2, -0.15) is 0 Å². The highest BCUT2D eigenvalue weighted by molar-refractivity contribution is 9.11. The zero-order valence-corrected chi connectivity index (χ0v) is 12.1. The van der Waals surface area contributed by atoms with Crippen molar-refractivity contribution in [3.05, 3.63) is 51.2 Å². The van der Waals surface area contributed by atoms with Crippen molar-refractivity contribution in [3.63, 3.8) is 0 Å². The zero-order chi connectivity index (χ0) is 12.1. The SMILES string of the molecule is Brc1cnc(CNCc2ccncn2)c(Br)c1. The van der Waals surface area contributed by atoms with Gasteiger partial charge in [-0.15, -0.1) is 0 Å². The van der Waals surface area contributed by atoms with Crippen LogP contribution in [-0.4, -0.2) is 15.0 Å². The highest BCUT2D eigenvalue weighted by Gasteiger charge is 2.02. The molecule has 0 aliphatic carbocycles. The maximum Gasteiger partial charge on any atom is 0.115 e. The van der Waals surface area contributed by atoms with Crippen LogP contribution in [0.2, 0.25) is 0 Å². The average molecular weight is 358 g/mol. The summed E-state index contributed by atoms with van der Waals surface area (Å²) in [5.74, 6) is 0. The number of hydrogen-bond acceptors (Lipinski definition) is 4. The predicted octanol–water partition coefficient (Wildman–Crippen LogP) is 2.69. The van der Waals surface area contributed by atoms with Crippen LogP contribution >= 0.6 is 31.9 Å². The van der Waals surface area contributed by atoms with Crippen molar-refractivity contribution in [2.75, 3.05) is 0 Å². The molecule has 88 valence electrons. The third kappa shape index (κ3) is 3.83. The summed E-state index contributed by atoms with van der Waals surface area (Å²) < 4.78 is 1.95. The minimum Gasteiger partial charge on any atom is -0.305 e. The van der Waals surface area contributed by atoms with Gasteiger partial charge in [-0.3, -0.25) is 4.98 Å². The molecular weight excluding hydrogens is 348 g/mol. The summed E-state index contributed by atoms with van der Waals surface area (Å²) in [6, 6.07) is 3.87. The van der Waals surface area contributed by atoms with Crippen LogP contribution in [0.25, 0.3) is 0 Å². The van der Waals surface area contributed by atoms with Crippen LogP contribution in [0.15, 0.2) is 39.8 Å². The molecule has 17 heavy (non-hydrogen) atoms. The lowest BCUT2D eigenvalue weighted by molar-refractivity contribution is 0.663. The summed E-state index contributed by atoms with van der Waals surface area (Å²) in [4.78, 5) is 12.3. The molecule has 2 aromatic rings. The number of nitrogens with one attached hydrogen (secondary N) is 1. The summed E-state index contributed by atoms with van der Waals surface area (Å²) in [6.07, 6.45) is 5.06. The van der Waals surface area contributed by atoms with E-state index in [-0.39, 0.29) is 0 Å². The molecule has 0 aliphatic heterocycles. The van der Waals surface area contributed by atoms with Crippen LogP contribution < -0.4 is 5.32 Å². The first-order valence-electron chi connectivity index (χ1n) is 5.01. The van der Waals surface area contributed by atoms with Crippen molar-refractivity contribution in [3.8, 4) is 0 Å². The fourth-order valence-corrected chi connectivity index (χ4v) is 2.43. The molecule has 0 atom stereocenters. The Hall–Kier alpha value is -0.850. The van der Waals surface area contributed by atoms with Gasteiger partial charge in [0.15, 0.2) is 0 Å². The second-order valence-electron chi connectivity index (χ2n) is 3.39. The number of rotatable bonds is 4. The molecule has 0 bridgehead atoms. The number of nitrogens with zero attached hydrogens (tertiary/aromatic N) is 3. The van der Waals surface area contributed by atoms with Crippen LogP contribution in [0.1, 0.15) is 11.4 Å². The summed E-state index contributed by atoms with van der Waals surface area (Å²) in [7, 11) is 0. The van der Waals surface area contributed by atoms with Crippen molar-refractivity contribution >= 4 is 31.9 Å². The highest BCUT2D eigenvalue weighted by Crippen LogP contribution is 2.19. The maximum absolute atomic E-state index is 4.32. The minimum absolute atomic E-state index is 0.692. The summed E-state index contributed by atoms with van der Waals surface area (Å²) in [5.41, 5.74) is 1.94. The molecule has 4 nitrogen and oxygen atoms in total. The smallest absolute Gasteiger partial charge is 0.115 e. The predicted molar refractivity (Wildman–Crippen MR) is 72.2 cm³/mol. The molecule has 2 heterocycles. The first kappa shape index (κ1) is 12.6. The molecule has 0 saturated heterocycles. The fraction of sp³-hybridized carbons (Fsp3) is 0.182. The normalized spacial score (nSPS) is 10.5. The van der Waals surface area contributed by atoms with Crippen LogP contribution in [0.3, 0.4) is 0 Å². The molecular formula is C11H10Br2N4. The van der Waals surface area contributed by atoms with Crippen molar-refractivity contribution in [1.82, 2.24) is 20.3 Å². The molecule has 6 heteroatoms. The minimum atomic E-state index is 0.692. The Bertz CT molecular complexity index is 490. The topological polar surface area (TPSA) is 50.7 Å². The van der Waals surface area contributed by atoms with Gasteiger partial charge in [-0.25, -0.2) is 9.97 Å². The highest BCUT2D eigenvalue weighted by atomic mass is 79.9. The Kier molecular flexibility index (Phi) is 4.58. The fourth-order valence-electron chi connectivity index (χ4n) is 1.30. The summed E-state index contributed by atoms with van der Waals surface area (Å²) in [5, 5.41) is 3.28. The Morgan fingerprint density at radius 3 is 2.76 bits per heavy atom. The van der Waals surface area contributed by atoms with Gasteiger partial charge < -0.3 is 5.32 Å². The van der Waals surface area contributed by atoms with Gasteiger partial charge in [0, 0.05) is 34.4 Å². The van der Waals surface area contributed by atoms with Gasteiger partial charge in [0.2, 0.25) is 0 Å². The van der Waals surface area contributed by atoms with Gasteiger partial charge >= 0.3 is 0 Å². The third-order valence-corrected chi connectivity index (χ3v) is 3.25. The zero-order valence-electron chi connectivity index (χ0n) is 8.90. The van der Waals surface area contributed by atoms with E-state index >= 15 is 0 Å². The quantitative estimate of drug-likeness (QED) is 0.913. The first-order valence-corrected chi connectivity index (χ1v) is 6.60. The molecule has 2 rings (SSSR count). The molecule has 0 aliphatic rings. The van der Waals surface area contributed by atoms with Crippen LogP contribution in [0.4, 0.5) is 0 Å². The largest absolute Gasteiger partial charge is 0.305 e.